The molecule has 1 aliphatic rings. The fourth-order valence-corrected chi connectivity index (χ4v) is 4.95. The van der Waals surface area contributed by atoms with Gasteiger partial charge in [0.2, 0.25) is 5.91 Å². The molecular weight excluding hydrogens is 484 g/mol. The zero-order valence-corrected chi connectivity index (χ0v) is 21.2. The van der Waals surface area contributed by atoms with Crippen LogP contribution in [0.3, 0.4) is 0 Å². The maximum absolute atomic E-state index is 12.8. The summed E-state index contributed by atoms with van der Waals surface area (Å²) in [6.07, 6.45) is 5.97. The Morgan fingerprint density at radius 3 is 2.79 bits per heavy atom. The molecule has 11 nitrogen and oxygen atoms in total. The molecule has 1 saturated heterocycles. The Hall–Kier alpha value is -4.80. The van der Waals surface area contributed by atoms with Crippen LogP contribution in [0.4, 0.5) is 11.6 Å². The van der Waals surface area contributed by atoms with Crippen LogP contribution in [0.25, 0.3) is 22.3 Å². The van der Waals surface area contributed by atoms with Gasteiger partial charge in [0.1, 0.15) is 29.4 Å². The average molecular weight is 513 g/mol. The van der Waals surface area contributed by atoms with Crippen molar-refractivity contribution in [3.63, 3.8) is 0 Å². The van der Waals surface area contributed by atoms with E-state index >= 15 is 0 Å². The van der Waals surface area contributed by atoms with Crippen LogP contribution in [-0.4, -0.2) is 61.1 Å². The van der Waals surface area contributed by atoms with Crippen LogP contribution in [0, 0.1) is 0 Å². The lowest BCUT2D eigenvalue weighted by molar-refractivity contribution is -0.130. The molecule has 38 heavy (non-hydrogen) atoms. The maximum Gasteiger partial charge on any atom is 0.256 e. The monoisotopic (exact) mass is 512 g/mol. The third-order valence-corrected chi connectivity index (χ3v) is 6.86. The van der Waals surface area contributed by atoms with E-state index in [0.717, 1.165) is 12.8 Å². The Morgan fingerprint density at radius 1 is 1.21 bits per heavy atom. The van der Waals surface area contributed by atoms with Gasteiger partial charge in [-0.15, -0.1) is 0 Å². The number of nitrogens with zero attached hydrogens (tertiary/aromatic N) is 6. The van der Waals surface area contributed by atoms with Crippen molar-refractivity contribution in [1.82, 2.24) is 29.6 Å². The molecule has 5 rings (SSSR count). The predicted octanol–water partition coefficient (Wildman–Crippen LogP) is 3.47. The second-order valence-corrected chi connectivity index (χ2v) is 9.02. The number of nitrogen functional groups attached to an aromatic ring is 1. The number of benzene rings is 1. The molecule has 2 amide bonds. The molecule has 0 saturated carbocycles. The van der Waals surface area contributed by atoms with Crippen LogP contribution in [0.2, 0.25) is 0 Å². The molecule has 1 unspecified atom stereocenters. The average Bonchev–Trinajstić information content (AvgIpc) is 3.33. The largest absolute Gasteiger partial charge is 0.496 e. The van der Waals surface area contributed by atoms with E-state index in [1.165, 1.54) is 19.5 Å². The van der Waals surface area contributed by atoms with Crippen molar-refractivity contribution in [1.29, 1.82) is 0 Å². The Morgan fingerprint density at radius 2 is 2.05 bits per heavy atom. The number of nitrogens with two attached hydrogens (primary N) is 1. The minimum Gasteiger partial charge on any atom is -0.496 e. The number of carbonyl (C=O) groups is 2. The number of rotatable bonds is 6. The fourth-order valence-electron chi connectivity index (χ4n) is 4.95. The van der Waals surface area contributed by atoms with E-state index in [4.69, 9.17) is 15.6 Å². The summed E-state index contributed by atoms with van der Waals surface area (Å²) in [5.74, 6) is 0.719. The number of pyridine rings is 1. The second-order valence-electron chi connectivity index (χ2n) is 9.02. The van der Waals surface area contributed by atoms with Gasteiger partial charge in [0.05, 0.1) is 24.6 Å². The molecule has 3 aromatic heterocycles. The smallest absolute Gasteiger partial charge is 0.256 e. The van der Waals surface area contributed by atoms with E-state index in [0.29, 0.717) is 46.0 Å². The topological polar surface area (TPSA) is 141 Å². The van der Waals surface area contributed by atoms with Gasteiger partial charge in [0, 0.05) is 23.9 Å². The van der Waals surface area contributed by atoms with E-state index in [1.54, 1.807) is 47.5 Å². The summed E-state index contributed by atoms with van der Waals surface area (Å²) in [5.41, 5.74) is 8.46. The van der Waals surface area contributed by atoms with Gasteiger partial charge in [-0.3, -0.25) is 9.59 Å². The van der Waals surface area contributed by atoms with E-state index in [2.05, 4.69) is 26.8 Å². The summed E-state index contributed by atoms with van der Waals surface area (Å²) in [5, 5.41) is 8.30. The standard InChI is InChI=1S/C27H28N8O3/c1-4-22(36)34-13-7-8-19(16(34)2)35-26-23(25(28)30-15-31-26)24(33-35)18-11-10-17(14-20(18)38-3)27(37)32-21-9-5-6-12-29-21/h4-6,9-12,14-16,19H,1,7-8,13H2,2-3H3,(H2,28,30,31)(H,29,32,37)/t16-,19?/m1/s1. The van der Waals surface area contributed by atoms with Gasteiger partial charge in [0.15, 0.2) is 5.65 Å². The third-order valence-electron chi connectivity index (χ3n) is 6.86. The number of methoxy groups -OCH3 is 1. The molecule has 4 aromatic rings. The third kappa shape index (κ3) is 4.42. The number of amides is 2. The Labute approximate surface area is 219 Å². The van der Waals surface area contributed by atoms with Crippen LogP contribution in [0.5, 0.6) is 5.75 Å². The Kier molecular flexibility index (Phi) is 6.73. The summed E-state index contributed by atoms with van der Waals surface area (Å²) in [6, 6.07) is 10.1. The van der Waals surface area contributed by atoms with E-state index in [9.17, 15) is 9.59 Å². The SMILES string of the molecule is C=CC(=O)N1CCCC(n2nc(-c3ccc(C(=O)Nc4ccccn4)cc3OC)c3c(N)ncnc32)[C@H]1C. The van der Waals surface area contributed by atoms with Gasteiger partial charge in [-0.1, -0.05) is 12.6 Å². The van der Waals surface area contributed by atoms with Gasteiger partial charge in [-0.25, -0.2) is 19.6 Å². The van der Waals surface area contributed by atoms with Crippen molar-refractivity contribution in [3.8, 4) is 17.0 Å². The molecule has 194 valence electrons. The first kappa shape index (κ1) is 24.9. The number of piperidine rings is 1. The summed E-state index contributed by atoms with van der Waals surface area (Å²) in [7, 11) is 1.53. The number of anilines is 2. The molecule has 1 aliphatic heterocycles. The van der Waals surface area contributed by atoms with Crippen molar-refractivity contribution in [2.75, 3.05) is 24.7 Å². The minimum atomic E-state index is -0.324. The highest BCUT2D eigenvalue weighted by atomic mass is 16.5. The van der Waals surface area contributed by atoms with Crippen LogP contribution in [-0.2, 0) is 4.79 Å². The number of aromatic nitrogens is 5. The van der Waals surface area contributed by atoms with Crippen LogP contribution < -0.4 is 15.8 Å². The molecule has 11 heteroatoms. The molecule has 0 bridgehead atoms. The summed E-state index contributed by atoms with van der Waals surface area (Å²) >= 11 is 0. The quantitative estimate of drug-likeness (QED) is 0.374. The number of likely N-dealkylation sites (tertiary alicyclic amines) is 1. The van der Waals surface area contributed by atoms with Crippen molar-refractivity contribution >= 4 is 34.5 Å². The first-order valence-electron chi connectivity index (χ1n) is 12.3. The van der Waals surface area contributed by atoms with Crippen molar-refractivity contribution in [2.45, 2.75) is 31.8 Å². The zero-order valence-electron chi connectivity index (χ0n) is 21.2. The van der Waals surface area contributed by atoms with Crippen molar-refractivity contribution in [3.05, 3.63) is 67.1 Å². The first-order chi connectivity index (χ1) is 18.4. The predicted molar refractivity (Wildman–Crippen MR) is 144 cm³/mol. The number of nitrogens with one attached hydrogen (secondary N) is 1. The number of hydrogen-bond donors (Lipinski definition) is 2. The Bertz CT molecular complexity index is 1520. The van der Waals surface area contributed by atoms with Gasteiger partial charge >= 0.3 is 0 Å². The molecule has 0 radical (unpaired) electrons. The van der Waals surface area contributed by atoms with Crippen LogP contribution >= 0.6 is 0 Å². The van der Waals surface area contributed by atoms with E-state index < -0.39 is 0 Å². The van der Waals surface area contributed by atoms with Gasteiger partial charge < -0.3 is 20.7 Å². The van der Waals surface area contributed by atoms with Gasteiger partial charge in [-0.2, -0.15) is 5.10 Å². The molecule has 0 aliphatic carbocycles. The molecule has 2 atom stereocenters. The molecule has 1 fully saturated rings. The fraction of sp³-hybridized carbons (Fsp3) is 0.259. The lowest BCUT2D eigenvalue weighted by atomic mass is 9.97. The number of carbonyl (C=O) groups excluding carboxylic acids is 2. The van der Waals surface area contributed by atoms with Gasteiger partial charge in [-0.05, 0) is 56.2 Å². The van der Waals surface area contributed by atoms with Crippen LogP contribution in [0.1, 0.15) is 36.2 Å². The highest BCUT2D eigenvalue weighted by molar-refractivity contribution is 6.05. The summed E-state index contributed by atoms with van der Waals surface area (Å²) in [4.78, 5) is 40.0. The minimum absolute atomic E-state index is 0.116. The highest BCUT2D eigenvalue weighted by Crippen LogP contribution is 2.39. The normalized spacial score (nSPS) is 17.3. The molecule has 0 spiro atoms. The number of hydrogen-bond acceptors (Lipinski definition) is 8. The second kappa shape index (κ2) is 10.3. The highest BCUT2D eigenvalue weighted by Gasteiger charge is 2.34. The lowest BCUT2D eigenvalue weighted by Gasteiger charge is -2.39. The maximum atomic E-state index is 12.8. The van der Waals surface area contributed by atoms with Crippen molar-refractivity contribution in [2.24, 2.45) is 0 Å². The zero-order chi connectivity index (χ0) is 26.8. The molecule has 4 heterocycles. The lowest BCUT2D eigenvalue weighted by Crippen LogP contribution is -2.47. The van der Waals surface area contributed by atoms with E-state index in [1.807, 2.05) is 11.6 Å². The van der Waals surface area contributed by atoms with Gasteiger partial charge in [0.25, 0.3) is 5.91 Å². The first-order valence-corrected chi connectivity index (χ1v) is 12.3. The molecule has 1 aromatic carbocycles. The molecular formula is C27H28N8O3. The number of ether oxygens (including phenoxy) is 1. The van der Waals surface area contributed by atoms with E-state index in [-0.39, 0.29) is 29.7 Å². The Balaban J connectivity index is 1.57. The summed E-state index contributed by atoms with van der Waals surface area (Å²) in [6.45, 7) is 6.29. The summed E-state index contributed by atoms with van der Waals surface area (Å²) < 4.78 is 7.51. The van der Waals surface area contributed by atoms with Crippen molar-refractivity contribution < 1.29 is 14.3 Å². The van der Waals surface area contributed by atoms with Crippen LogP contribution in [0.15, 0.2) is 61.6 Å². The number of fused-ring (bicyclic) bond motifs is 1. The molecule has 3 N–H and O–H groups in total.